The molecule has 0 aromatic rings. The number of piperazine rings is 1. The first-order chi connectivity index (χ1) is 8.63. The molecule has 2 saturated heterocycles. The second-order valence-corrected chi connectivity index (χ2v) is 5.44. The number of hydrogen-bond donors (Lipinski definition) is 1. The van der Waals surface area contributed by atoms with E-state index in [1.165, 1.54) is 7.11 Å². The number of ether oxygens (including phenoxy) is 1. The van der Waals surface area contributed by atoms with Crippen molar-refractivity contribution in [1.82, 2.24) is 15.1 Å². The summed E-state index contributed by atoms with van der Waals surface area (Å²) in [7, 11) is 1.47. The molecule has 2 unspecified atom stereocenters. The van der Waals surface area contributed by atoms with Crippen LogP contribution in [0.15, 0.2) is 0 Å². The number of nitrogens with zero attached hydrogens (tertiary/aromatic N) is 2. The maximum atomic E-state index is 11.6. The molecule has 0 aromatic carbocycles. The van der Waals surface area contributed by atoms with Crippen LogP contribution in [-0.2, 0) is 9.53 Å². The summed E-state index contributed by atoms with van der Waals surface area (Å²) in [5.74, 6) is -0.153. The van der Waals surface area contributed by atoms with Crippen molar-refractivity contribution in [3.8, 4) is 0 Å². The highest BCUT2D eigenvalue weighted by molar-refractivity contribution is 5.72. The van der Waals surface area contributed by atoms with Gasteiger partial charge in [0.15, 0.2) is 0 Å². The van der Waals surface area contributed by atoms with Crippen LogP contribution in [0.4, 0.5) is 0 Å². The van der Waals surface area contributed by atoms with E-state index in [9.17, 15) is 4.79 Å². The lowest BCUT2D eigenvalue weighted by atomic mass is 10.0. The van der Waals surface area contributed by atoms with Gasteiger partial charge >= 0.3 is 5.97 Å². The smallest absolute Gasteiger partial charge is 0.309 e. The van der Waals surface area contributed by atoms with E-state index in [2.05, 4.69) is 22.0 Å². The van der Waals surface area contributed by atoms with Crippen molar-refractivity contribution in [2.75, 3.05) is 46.4 Å². The Morgan fingerprint density at radius 2 is 1.83 bits per heavy atom. The molecule has 2 heterocycles. The topological polar surface area (TPSA) is 44.8 Å². The van der Waals surface area contributed by atoms with Crippen molar-refractivity contribution in [2.45, 2.75) is 25.9 Å². The first-order valence-corrected chi connectivity index (χ1v) is 6.90. The lowest BCUT2D eigenvalue weighted by molar-refractivity contribution is -0.147. The van der Waals surface area contributed by atoms with E-state index in [4.69, 9.17) is 4.74 Å². The molecule has 5 heteroatoms. The summed E-state index contributed by atoms with van der Waals surface area (Å²) < 4.78 is 4.83. The van der Waals surface area contributed by atoms with Gasteiger partial charge in [0.05, 0.1) is 13.0 Å². The van der Waals surface area contributed by atoms with Crippen LogP contribution in [0.3, 0.4) is 0 Å². The van der Waals surface area contributed by atoms with Crippen molar-refractivity contribution in [3.05, 3.63) is 0 Å². The fraction of sp³-hybridized carbons (Fsp3) is 0.923. The maximum absolute atomic E-state index is 11.6. The molecule has 0 bridgehead atoms. The largest absolute Gasteiger partial charge is 0.469 e. The standard InChI is InChI=1S/C13H25N3O2/c1-10(13(17)18-3)11(2)15-4-6-16(7-5-15)12-8-14-9-12/h10-12,14H,4-9H2,1-3H3. The molecule has 0 aromatic heterocycles. The third kappa shape index (κ3) is 2.84. The minimum absolute atomic E-state index is 0.0491. The van der Waals surface area contributed by atoms with Crippen molar-refractivity contribution >= 4 is 5.97 Å². The molecule has 18 heavy (non-hydrogen) atoms. The quantitative estimate of drug-likeness (QED) is 0.703. The summed E-state index contributed by atoms with van der Waals surface area (Å²) in [6, 6.07) is 1.000. The average molecular weight is 255 g/mol. The molecule has 0 saturated carbocycles. The highest BCUT2D eigenvalue weighted by atomic mass is 16.5. The molecule has 2 fully saturated rings. The van der Waals surface area contributed by atoms with E-state index in [-0.39, 0.29) is 17.9 Å². The molecule has 2 aliphatic heterocycles. The van der Waals surface area contributed by atoms with E-state index in [0.29, 0.717) is 0 Å². The first kappa shape index (κ1) is 13.8. The molecule has 5 nitrogen and oxygen atoms in total. The first-order valence-electron chi connectivity index (χ1n) is 6.90. The zero-order valence-electron chi connectivity index (χ0n) is 11.7. The Kier molecular flexibility index (Phi) is 4.59. The van der Waals surface area contributed by atoms with Crippen LogP contribution in [0.2, 0.25) is 0 Å². The lowest BCUT2D eigenvalue weighted by Gasteiger charge is -2.45. The van der Waals surface area contributed by atoms with Crippen LogP contribution < -0.4 is 5.32 Å². The van der Waals surface area contributed by atoms with E-state index in [1.54, 1.807) is 0 Å². The van der Waals surface area contributed by atoms with Crippen molar-refractivity contribution < 1.29 is 9.53 Å². The molecule has 0 amide bonds. The molecular weight excluding hydrogens is 230 g/mol. The summed E-state index contributed by atoms with van der Waals surface area (Å²) in [6.07, 6.45) is 0. The Morgan fingerprint density at radius 3 is 2.28 bits per heavy atom. The number of carbonyl (C=O) groups is 1. The van der Waals surface area contributed by atoms with Gasteiger partial charge in [-0.05, 0) is 6.92 Å². The van der Waals surface area contributed by atoms with Gasteiger partial charge in [0.25, 0.3) is 0 Å². The number of rotatable bonds is 4. The number of hydrogen-bond acceptors (Lipinski definition) is 5. The number of esters is 1. The summed E-state index contributed by atoms with van der Waals surface area (Å²) in [4.78, 5) is 16.5. The molecule has 104 valence electrons. The van der Waals surface area contributed by atoms with Crippen LogP contribution in [0.25, 0.3) is 0 Å². The number of carbonyl (C=O) groups excluding carboxylic acids is 1. The second-order valence-electron chi connectivity index (χ2n) is 5.44. The van der Waals surface area contributed by atoms with Gasteiger partial charge in [-0.15, -0.1) is 0 Å². The van der Waals surface area contributed by atoms with Crippen LogP contribution in [-0.4, -0.2) is 74.2 Å². The summed E-state index contributed by atoms with van der Waals surface area (Å²) in [5.41, 5.74) is 0. The summed E-state index contributed by atoms with van der Waals surface area (Å²) in [6.45, 7) is 10.7. The van der Waals surface area contributed by atoms with Crippen LogP contribution >= 0.6 is 0 Å². The van der Waals surface area contributed by atoms with Gasteiger partial charge < -0.3 is 10.1 Å². The van der Waals surface area contributed by atoms with E-state index < -0.39 is 0 Å². The average Bonchev–Trinajstić information content (AvgIpc) is 2.35. The molecule has 0 spiro atoms. The summed E-state index contributed by atoms with van der Waals surface area (Å²) >= 11 is 0. The van der Waals surface area contributed by atoms with E-state index in [1.807, 2.05) is 6.92 Å². The van der Waals surface area contributed by atoms with Gasteiger partial charge in [0.2, 0.25) is 0 Å². The number of nitrogens with one attached hydrogen (secondary N) is 1. The highest BCUT2D eigenvalue weighted by Crippen LogP contribution is 2.16. The van der Waals surface area contributed by atoms with E-state index >= 15 is 0 Å². The van der Waals surface area contributed by atoms with Gasteiger partial charge in [-0.3, -0.25) is 14.6 Å². The van der Waals surface area contributed by atoms with Gasteiger partial charge in [-0.2, -0.15) is 0 Å². The lowest BCUT2D eigenvalue weighted by Crippen LogP contribution is -2.62. The van der Waals surface area contributed by atoms with Gasteiger partial charge in [0, 0.05) is 51.4 Å². The van der Waals surface area contributed by atoms with Crippen LogP contribution in [0, 0.1) is 5.92 Å². The molecule has 2 atom stereocenters. The third-order valence-electron chi connectivity index (χ3n) is 4.50. The number of methoxy groups -OCH3 is 1. The normalized spacial score (nSPS) is 26.4. The molecular formula is C13H25N3O2. The fourth-order valence-corrected chi connectivity index (χ4v) is 2.74. The van der Waals surface area contributed by atoms with Gasteiger partial charge in [-0.25, -0.2) is 0 Å². The predicted molar refractivity (Wildman–Crippen MR) is 70.4 cm³/mol. The maximum Gasteiger partial charge on any atom is 0.309 e. The zero-order valence-corrected chi connectivity index (χ0v) is 11.7. The predicted octanol–water partition coefficient (Wildman–Crippen LogP) is -0.227. The molecule has 0 aliphatic carbocycles. The van der Waals surface area contributed by atoms with Crippen molar-refractivity contribution in [1.29, 1.82) is 0 Å². The minimum Gasteiger partial charge on any atom is -0.469 e. The van der Waals surface area contributed by atoms with E-state index in [0.717, 1.165) is 45.3 Å². The molecule has 2 rings (SSSR count). The van der Waals surface area contributed by atoms with Gasteiger partial charge in [-0.1, -0.05) is 6.92 Å². The minimum atomic E-state index is -0.104. The summed E-state index contributed by atoms with van der Waals surface area (Å²) in [5, 5.41) is 3.32. The second kappa shape index (κ2) is 5.99. The Labute approximate surface area is 109 Å². The zero-order chi connectivity index (χ0) is 13.1. The van der Waals surface area contributed by atoms with Crippen LogP contribution in [0.5, 0.6) is 0 Å². The third-order valence-corrected chi connectivity index (χ3v) is 4.50. The SMILES string of the molecule is COC(=O)C(C)C(C)N1CCN(C2CNC2)CC1. The van der Waals surface area contributed by atoms with Gasteiger partial charge in [0.1, 0.15) is 0 Å². The monoisotopic (exact) mass is 255 g/mol. The molecule has 0 radical (unpaired) electrons. The Morgan fingerprint density at radius 1 is 1.22 bits per heavy atom. The molecule has 2 aliphatic rings. The Bertz CT molecular complexity index is 286. The van der Waals surface area contributed by atoms with Crippen molar-refractivity contribution in [3.63, 3.8) is 0 Å². The Balaban J connectivity index is 1.79. The molecule has 1 N–H and O–H groups in total. The highest BCUT2D eigenvalue weighted by Gasteiger charge is 2.32. The fourth-order valence-electron chi connectivity index (χ4n) is 2.74. The van der Waals surface area contributed by atoms with Crippen molar-refractivity contribution in [2.24, 2.45) is 5.92 Å². The van der Waals surface area contributed by atoms with Crippen LogP contribution in [0.1, 0.15) is 13.8 Å². The Hall–Kier alpha value is -0.650.